The molecule has 0 bridgehead atoms. The molecule has 0 saturated carbocycles. The lowest BCUT2D eigenvalue weighted by atomic mass is 10.00. The second-order valence-corrected chi connectivity index (χ2v) is 3.04. The molecule has 0 heterocycles. The normalized spacial score (nSPS) is 12.2. The molecule has 0 aromatic rings. The van der Waals surface area contributed by atoms with Crippen molar-refractivity contribution in [1.29, 1.82) is 10.5 Å². The lowest BCUT2D eigenvalue weighted by Gasteiger charge is -2.02. The number of nitrogens with zero attached hydrogens (tertiary/aromatic N) is 2. The monoisotopic (exact) mass is 176 g/mol. The molecule has 0 radical (unpaired) electrons. The molecule has 13 heavy (non-hydrogen) atoms. The average molecular weight is 176 g/mol. The van der Waals surface area contributed by atoms with E-state index in [-0.39, 0.29) is 5.92 Å². The fourth-order valence-electron chi connectivity index (χ4n) is 1.14. The van der Waals surface area contributed by atoms with Crippen molar-refractivity contribution < 1.29 is 0 Å². The largest absolute Gasteiger partial charge is 0.198 e. The van der Waals surface area contributed by atoms with Gasteiger partial charge in [-0.25, -0.2) is 0 Å². The zero-order valence-electron chi connectivity index (χ0n) is 8.16. The van der Waals surface area contributed by atoms with Crippen LogP contribution in [0.25, 0.3) is 0 Å². The molecule has 0 aliphatic carbocycles. The fraction of sp³-hybridized carbons (Fsp3) is 0.636. The van der Waals surface area contributed by atoms with E-state index in [2.05, 4.69) is 12.1 Å². The standard InChI is InChI=1S/C11H16N2/c1-2-3-4-5-6-7-11(10-13)8-9-12/h2-3,11H,4-8H2,1H3/b3-2+. The van der Waals surface area contributed by atoms with Crippen LogP contribution in [0, 0.1) is 28.6 Å². The van der Waals surface area contributed by atoms with Gasteiger partial charge >= 0.3 is 0 Å². The molecule has 0 aliphatic rings. The summed E-state index contributed by atoms with van der Waals surface area (Å²) in [6, 6.07) is 4.19. The van der Waals surface area contributed by atoms with Gasteiger partial charge in [0.05, 0.1) is 24.5 Å². The molecule has 1 unspecified atom stereocenters. The van der Waals surface area contributed by atoms with E-state index >= 15 is 0 Å². The van der Waals surface area contributed by atoms with Crippen LogP contribution in [0.3, 0.4) is 0 Å². The molecule has 2 nitrogen and oxygen atoms in total. The summed E-state index contributed by atoms with van der Waals surface area (Å²) in [6.07, 6.45) is 8.66. The summed E-state index contributed by atoms with van der Waals surface area (Å²) >= 11 is 0. The van der Waals surface area contributed by atoms with Gasteiger partial charge in [0.1, 0.15) is 0 Å². The Bertz CT molecular complexity index is 217. The maximum absolute atomic E-state index is 8.64. The van der Waals surface area contributed by atoms with E-state index < -0.39 is 0 Å². The first-order chi connectivity index (χ1) is 6.35. The number of rotatable bonds is 6. The molecular weight excluding hydrogens is 160 g/mol. The topological polar surface area (TPSA) is 47.6 Å². The van der Waals surface area contributed by atoms with Crippen molar-refractivity contribution >= 4 is 0 Å². The lowest BCUT2D eigenvalue weighted by Crippen LogP contribution is -1.94. The van der Waals surface area contributed by atoms with E-state index in [4.69, 9.17) is 10.5 Å². The van der Waals surface area contributed by atoms with Gasteiger partial charge in [0.15, 0.2) is 0 Å². The molecule has 0 spiro atoms. The summed E-state index contributed by atoms with van der Waals surface area (Å²) < 4.78 is 0. The zero-order chi connectivity index (χ0) is 9.94. The van der Waals surface area contributed by atoms with E-state index in [1.807, 2.05) is 19.1 Å². The Hall–Kier alpha value is -1.28. The third-order valence-electron chi connectivity index (χ3n) is 1.93. The van der Waals surface area contributed by atoms with Crippen LogP contribution in [-0.4, -0.2) is 0 Å². The SMILES string of the molecule is C/C=C/CCCCC(C#N)CC#N. The minimum atomic E-state index is -0.0596. The molecule has 0 fully saturated rings. The number of hydrogen-bond acceptors (Lipinski definition) is 2. The van der Waals surface area contributed by atoms with Crippen molar-refractivity contribution in [1.82, 2.24) is 0 Å². The number of hydrogen-bond donors (Lipinski definition) is 0. The first kappa shape index (κ1) is 11.7. The van der Waals surface area contributed by atoms with Gasteiger partial charge in [0, 0.05) is 0 Å². The predicted octanol–water partition coefficient (Wildman–Crippen LogP) is 3.18. The zero-order valence-corrected chi connectivity index (χ0v) is 8.16. The van der Waals surface area contributed by atoms with Gasteiger partial charge in [-0.15, -0.1) is 0 Å². The van der Waals surface area contributed by atoms with Gasteiger partial charge < -0.3 is 0 Å². The smallest absolute Gasteiger partial charge is 0.0666 e. The minimum Gasteiger partial charge on any atom is -0.198 e. The second kappa shape index (κ2) is 8.81. The maximum Gasteiger partial charge on any atom is 0.0666 e. The van der Waals surface area contributed by atoms with E-state index in [1.165, 1.54) is 0 Å². The predicted molar refractivity (Wildman–Crippen MR) is 52.6 cm³/mol. The van der Waals surface area contributed by atoms with Gasteiger partial charge in [-0.2, -0.15) is 10.5 Å². The van der Waals surface area contributed by atoms with E-state index in [0.29, 0.717) is 6.42 Å². The summed E-state index contributed by atoms with van der Waals surface area (Å²) in [7, 11) is 0. The highest BCUT2D eigenvalue weighted by Crippen LogP contribution is 2.12. The molecule has 0 N–H and O–H groups in total. The summed E-state index contributed by atoms with van der Waals surface area (Å²) in [6.45, 7) is 2.01. The second-order valence-electron chi connectivity index (χ2n) is 3.04. The van der Waals surface area contributed by atoms with Crippen molar-refractivity contribution in [3.05, 3.63) is 12.2 Å². The summed E-state index contributed by atoms with van der Waals surface area (Å²) in [5.41, 5.74) is 0. The van der Waals surface area contributed by atoms with Crippen LogP contribution in [0.5, 0.6) is 0 Å². The van der Waals surface area contributed by atoms with Crippen molar-refractivity contribution in [2.75, 3.05) is 0 Å². The highest BCUT2D eigenvalue weighted by Gasteiger charge is 2.04. The molecule has 0 aliphatic heterocycles. The Morgan fingerprint density at radius 3 is 2.62 bits per heavy atom. The molecule has 2 heteroatoms. The molecule has 0 amide bonds. The van der Waals surface area contributed by atoms with Crippen LogP contribution >= 0.6 is 0 Å². The van der Waals surface area contributed by atoms with Gasteiger partial charge in [-0.3, -0.25) is 0 Å². The Balaban J connectivity index is 3.41. The van der Waals surface area contributed by atoms with Crippen molar-refractivity contribution in [3.8, 4) is 12.1 Å². The van der Waals surface area contributed by atoms with E-state index in [0.717, 1.165) is 25.7 Å². The quantitative estimate of drug-likeness (QED) is 0.461. The Morgan fingerprint density at radius 2 is 2.08 bits per heavy atom. The molecule has 1 atom stereocenters. The summed E-state index contributed by atoms with van der Waals surface area (Å²) in [4.78, 5) is 0. The third kappa shape index (κ3) is 7.09. The maximum atomic E-state index is 8.64. The average Bonchev–Trinajstić information content (AvgIpc) is 2.16. The third-order valence-corrected chi connectivity index (χ3v) is 1.93. The Kier molecular flexibility index (Phi) is 7.95. The Labute approximate surface area is 80.5 Å². The van der Waals surface area contributed by atoms with Gasteiger partial charge in [0.2, 0.25) is 0 Å². The van der Waals surface area contributed by atoms with Crippen LogP contribution in [0.2, 0.25) is 0 Å². The number of nitriles is 2. The molecule has 70 valence electrons. The molecule has 0 saturated heterocycles. The lowest BCUT2D eigenvalue weighted by molar-refractivity contribution is 0.564. The van der Waals surface area contributed by atoms with Gasteiger partial charge in [0.25, 0.3) is 0 Å². The van der Waals surface area contributed by atoms with Gasteiger partial charge in [-0.05, 0) is 26.2 Å². The van der Waals surface area contributed by atoms with Crippen LogP contribution in [0.15, 0.2) is 12.2 Å². The molecule has 0 aromatic heterocycles. The van der Waals surface area contributed by atoms with Crippen molar-refractivity contribution in [2.45, 2.75) is 39.0 Å². The first-order valence-electron chi connectivity index (χ1n) is 4.72. The molecule has 0 rings (SSSR count). The number of allylic oxidation sites excluding steroid dienone is 2. The van der Waals surface area contributed by atoms with Gasteiger partial charge in [-0.1, -0.05) is 18.6 Å². The summed E-state index contributed by atoms with van der Waals surface area (Å²) in [5.74, 6) is -0.0596. The highest BCUT2D eigenvalue weighted by atomic mass is 14.3. The van der Waals surface area contributed by atoms with Crippen LogP contribution < -0.4 is 0 Å². The number of unbranched alkanes of at least 4 members (excludes halogenated alkanes) is 2. The first-order valence-corrected chi connectivity index (χ1v) is 4.72. The van der Waals surface area contributed by atoms with E-state index in [1.54, 1.807) is 0 Å². The minimum absolute atomic E-state index is 0.0596. The van der Waals surface area contributed by atoms with Crippen LogP contribution in [0.1, 0.15) is 39.0 Å². The van der Waals surface area contributed by atoms with Crippen molar-refractivity contribution in [3.63, 3.8) is 0 Å². The Morgan fingerprint density at radius 1 is 1.31 bits per heavy atom. The molecular formula is C11H16N2. The van der Waals surface area contributed by atoms with E-state index in [9.17, 15) is 0 Å². The fourth-order valence-corrected chi connectivity index (χ4v) is 1.14. The van der Waals surface area contributed by atoms with Crippen LogP contribution in [-0.2, 0) is 0 Å². The molecule has 0 aromatic carbocycles. The highest BCUT2D eigenvalue weighted by molar-refractivity contribution is 4.89. The van der Waals surface area contributed by atoms with Crippen molar-refractivity contribution in [2.24, 2.45) is 5.92 Å². The van der Waals surface area contributed by atoms with Crippen LogP contribution in [0.4, 0.5) is 0 Å². The summed E-state index contributed by atoms with van der Waals surface area (Å²) in [5, 5.41) is 17.0.